The van der Waals surface area contributed by atoms with Gasteiger partial charge in [-0.3, -0.25) is 5.10 Å². The van der Waals surface area contributed by atoms with E-state index >= 15 is 0 Å². The molecule has 0 saturated heterocycles. The highest BCUT2D eigenvalue weighted by Gasteiger charge is 2.20. The molecule has 0 unspecified atom stereocenters. The van der Waals surface area contributed by atoms with Gasteiger partial charge in [0, 0.05) is 15.6 Å². The molecule has 0 aliphatic heterocycles. The van der Waals surface area contributed by atoms with E-state index < -0.39 is 0 Å². The zero-order valence-electron chi connectivity index (χ0n) is 9.59. The summed E-state index contributed by atoms with van der Waals surface area (Å²) in [5.41, 5.74) is 7.76. The standard InChI is InChI=1S/C12H13BrFN3/c1-6(2)9-11(16-17-12(9)15)10-7(13)4-3-5-8(10)14/h3-6H,1-2H3,(H3,15,16,17). The molecule has 1 aromatic carbocycles. The van der Waals surface area contributed by atoms with Crippen LogP contribution in [0, 0.1) is 5.82 Å². The molecule has 0 aliphatic rings. The number of nitrogen functional groups attached to an aromatic ring is 1. The van der Waals surface area contributed by atoms with Crippen LogP contribution in [0.5, 0.6) is 0 Å². The van der Waals surface area contributed by atoms with Gasteiger partial charge in [0.25, 0.3) is 0 Å². The smallest absolute Gasteiger partial charge is 0.149 e. The normalized spacial score (nSPS) is 11.1. The van der Waals surface area contributed by atoms with Gasteiger partial charge in [0.1, 0.15) is 11.6 Å². The van der Waals surface area contributed by atoms with Crippen LogP contribution < -0.4 is 5.73 Å². The van der Waals surface area contributed by atoms with E-state index in [1.165, 1.54) is 6.07 Å². The first-order chi connectivity index (χ1) is 8.02. The molecular formula is C12H13BrFN3. The number of halogens is 2. The fourth-order valence-corrected chi connectivity index (χ4v) is 2.42. The Morgan fingerprint density at radius 2 is 2.12 bits per heavy atom. The number of nitrogens with zero attached hydrogens (tertiary/aromatic N) is 1. The maximum absolute atomic E-state index is 13.9. The molecule has 0 bridgehead atoms. The number of aromatic amines is 1. The number of benzene rings is 1. The maximum Gasteiger partial charge on any atom is 0.149 e. The second-order valence-electron chi connectivity index (χ2n) is 4.15. The number of hydrogen-bond acceptors (Lipinski definition) is 2. The molecule has 1 heterocycles. The topological polar surface area (TPSA) is 54.7 Å². The van der Waals surface area contributed by atoms with Crippen LogP contribution in [0.4, 0.5) is 10.2 Å². The molecule has 0 fully saturated rings. The van der Waals surface area contributed by atoms with Crippen LogP contribution in [0.2, 0.25) is 0 Å². The van der Waals surface area contributed by atoms with Crippen LogP contribution in [0.1, 0.15) is 25.3 Å². The van der Waals surface area contributed by atoms with Crippen molar-refractivity contribution in [2.45, 2.75) is 19.8 Å². The summed E-state index contributed by atoms with van der Waals surface area (Å²) in [5.74, 6) is 0.297. The molecule has 2 aromatic rings. The molecule has 0 spiro atoms. The van der Waals surface area contributed by atoms with Gasteiger partial charge in [-0.1, -0.05) is 19.9 Å². The van der Waals surface area contributed by atoms with E-state index in [-0.39, 0.29) is 11.7 Å². The Labute approximate surface area is 107 Å². The predicted octanol–water partition coefficient (Wildman–Crippen LogP) is 3.68. The van der Waals surface area contributed by atoms with Crippen molar-refractivity contribution in [3.63, 3.8) is 0 Å². The summed E-state index contributed by atoms with van der Waals surface area (Å²) in [4.78, 5) is 0. The number of H-pyrrole nitrogens is 1. The molecule has 5 heteroatoms. The van der Waals surface area contributed by atoms with Gasteiger partial charge in [-0.15, -0.1) is 0 Å². The Kier molecular flexibility index (Phi) is 3.19. The minimum absolute atomic E-state index is 0.176. The van der Waals surface area contributed by atoms with Crippen LogP contribution in [-0.4, -0.2) is 10.2 Å². The molecule has 2 rings (SSSR count). The maximum atomic E-state index is 13.9. The third kappa shape index (κ3) is 2.07. The summed E-state index contributed by atoms with van der Waals surface area (Å²) in [6.07, 6.45) is 0. The number of anilines is 1. The Bertz CT molecular complexity index is 528. The lowest BCUT2D eigenvalue weighted by Gasteiger charge is -2.09. The minimum atomic E-state index is -0.301. The third-order valence-electron chi connectivity index (χ3n) is 2.62. The number of nitrogens with two attached hydrogens (primary N) is 1. The van der Waals surface area contributed by atoms with Gasteiger partial charge < -0.3 is 5.73 Å². The third-order valence-corrected chi connectivity index (χ3v) is 3.28. The number of nitrogens with one attached hydrogen (secondary N) is 1. The molecule has 0 aliphatic carbocycles. The average Bonchev–Trinajstić information content (AvgIpc) is 2.60. The highest BCUT2D eigenvalue weighted by molar-refractivity contribution is 9.10. The monoisotopic (exact) mass is 297 g/mol. The summed E-state index contributed by atoms with van der Waals surface area (Å²) >= 11 is 3.35. The molecule has 0 amide bonds. The Morgan fingerprint density at radius 1 is 1.41 bits per heavy atom. The van der Waals surface area contributed by atoms with Crippen molar-refractivity contribution < 1.29 is 4.39 Å². The molecule has 0 saturated carbocycles. The summed E-state index contributed by atoms with van der Waals surface area (Å²) in [5, 5.41) is 6.77. The van der Waals surface area contributed by atoms with Crippen LogP contribution >= 0.6 is 15.9 Å². The van der Waals surface area contributed by atoms with E-state index in [9.17, 15) is 4.39 Å². The predicted molar refractivity (Wildman–Crippen MR) is 70.2 cm³/mol. The van der Waals surface area contributed by atoms with Crippen molar-refractivity contribution in [2.24, 2.45) is 0 Å². The van der Waals surface area contributed by atoms with Gasteiger partial charge in [0.2, 0.25) is 0 Å². The molecular weight excluding hydrogens is 285 g/mol. The van der Waals surface area contributed by atoms with Crippen molar-refractivity contribution in [1.29, 1.82) is 0 Å². The summed E-state index contributed by atoms with van der Waals surface area (Å²) in [7, 11) is 0. The van der Waals surface area contributed by atoms with Gasteiger partial charge in [-0.2, -0.15) is 5.10 Å². The molecule has 3 nitrogen and oxygen atoms in total. The van der Waals surface area contributed by atoms with E-state index in [1.807, 2.05) is 13.8 Å². The number of rotatable bonds is 2. The fourth-order valence-electron chi connectivity index (χ4n) is 1.88. The van der Waals surface area contributed by atoms with E-state index in [1.54, 1.807) is 12.1 Å². The van der Waals surface area contributed by atoms with Crippen LogP contribution in [-0.2, 0) is 0 Å². The minimum Gasteiger partial charge on any atom is -0.382 e. The lowest BCUT2D eigenvalue weighted by atomic mass is 9.98. The lowest BCUT2D eigenvalue weighted by Crippen LogP contribution is -1.96. The number of hydrogen-bond donors (Lipinski definition) is 2. The Morgan fingerprint density at radius 3 is 2.71 bits per heavy atom. The fraction of sp³-hybridized carbons (Fsp3) is 0.250. The summed E-state index contributed by atoms with van der Waals surface area (Å²) < 4.78 is 14.6. The molecule has 17 heavy (non-hydrogen) atoms. The Hall–Kier alpha value is -1.36. The van der Waals surface area contributed by atoms with Crippen molar-refractivity contribution in [3.8, 4) is 11.3 Å². The molecule has 3 N–H and O–H groups in total. The van der Waals surface area contributed by atoms with E-state index in [0.717, 1.165) is 5.56 Å². The quantitative estimate of drug-likeness (QED) is 0.888. The van der Waals surface area contributed by atoms with Crippen molar-refractivity contribution in [1.82, 2.24) is 10.2 Å². The Balaban J connectivity index is 2.69. The van der Waals surface area contributed by atoms with E-state index in [2.05, 4.69) is 26.1 Å². The van der Waals surface area contributed by atoms with Crippen molar-refractivity contribution in [2.75, 3.05) is 5.73 Å². The highest BCUT2D eigenvalue weighted by Crippen LogP contribution is 2.36. The SMILES string of the molecule is CC(C)c1c(N)n[nH]c1-c1c(F)cccc1Br. The molecule has 1 aromatic heterocycles. The number of aromatic nitrogens is 2. The van der Waals surface area contributed by atoms with Gasteiger partial charge in [-0.25, -0.2) is 4.39 Å². The first-order valence-corrected chi connectivity index (χ1v) is 6.09. The second-order valence-corrected chi connectivity index (χ2v) is 5.00. The van der Waals surface area contributed by atoms with E-state index in [4.69, 9.17) is 5.73 Å². The van der Waals surface area contributed by atoms with Gasteiger partial charge >= 0.3 is 0 Å². The summed E-state index contributed by atoms with van der Waals surface area (Å²) in [6.45, 7) is 4.00. The van der Waals surface area contributed by atoms with Crippen molar-refractivity contribution >= 4 is 21.7 Å². The second kappa shape index (κ2) is 4.49. The zero-order valence-corrected chi connectivity index (χ0v) is 11.2. The molecule has 90 valence electrons. The molecule has 0 atom stereocenters. The van der Waals surface area contributed by atoms with Crippen LogP contribution in [0.3, 0.4) is 0 Å². The largest absolute Gasteiger partial charge is 0.382 e. The van der Waals surface area contributed by atoms with Gasteiger partial charge in [0.05, 0.1) is 5.69 Å². The lowest BCUT2D eigenvalue weighted by molar-refractivity contribution is 0.629. The van der Waals surface area contributed by atoms with E-state index in [0.29, 0.717) is 21.5 Å². The molecule has 0 radical (unpaired) electrons. The summed E-state index contributed by atoms with van der Waals surface area (Å²) in [6, 6.07) is 4.86. The first kappa shape index (κ1) is 12.1. The van der Waals surface area contributed by atoms with Gasteiger partial charge in [-0.05, 0) is 34.0 Å². The van der Waals surface area contributed by atoms with Crippen LogP contribution in [0.25, 0.3) is 11.3 Å². The average molecular weight is 298 g/mol. The van der Waals surface area contributed by atoms with Crippen LogP contribution in [0.15, 0.2) is 22.7 Å². The van der Waals surface area contributed by atoms with Gasteiger partial charge in [0.15, 0.2) is 0 Å². The zero-order chi connectivity index (χ0) is 12.6. The first-order valence-electron chi connectivity index (χ1n) is 5.30. The van der Waals surface area contributed by atoms with Crippen molar-refractivity contribution in [3.05, 3.63) is 34.1 Å². The highest BCUT2D eigenvalue weighted by atomic mass is 79.9.